The molecule has 6 heteroatoms. The number of aromatic nitrogens is 1. The van der Waals surface area contributed by atoms with E-state index in [1.54, 1.807) is 0 Å². The van der Waals surface area contributed by atoms with Crippen LogP contribution >= 0.6 is 0 Å². The van der Waals surface area contributed by atoms with Crippen molar-refractivity contribution in [1.29, 1.82) is 0 Å². The zero-order valence-electron chi connectivity index (χ0n) is 13.0. The lowest BCUT2D eigenvalue weighted by atomic mass is 10.1. The van der Waals surface area contributed by atoms with Crippen LogP contribution in [0.3, 0.4) is 0 Å². The number of aliphatic hydroxyl groups excluding tert-OH is 1. The fourth-order valence-corrected chi connectivity index (χ4v) is 3.25. The van der Waals surface area contributed by atoms with Crippen molar-refractivity contribution in [1.82, 2.24) is 10.3 Å². The Morgan fingerprint density at radius 3 is 2.76 bits per heavy atom. The molecule has 0 saturated carbocycles. The van der Waals surface area contributed by atoms with E-state index in [1.165, 1.54) is 12.3 Å². The summed E-state index contributed by atoms with van der Waals surface area (Å²) >= 11 is 0. The summed E-state index contributed by atoms with van der Waals surface area (Å²) in [5.74, 6) is -1.80. The first-order valence-electron chi connectivity index (χ1n) is 7.85. The van der Waals surface area contributed by atoms with Crippen LogP contribution in [0.4, 0.5) is 8.78 Å². The molecule has 1 amide bonds. The van der Waals surface area contributed by atoms with Crippen molar-refractivity contribution in [3.63, 3.8) is 0 Å². The average molecular weight is 340 g/mol. The lowest BCUT2D eigenvalue weighted by Crippen LogP contribution is -2.33. The Balaban J connectivity index is 1.66. The highest BCUT2D eigenvalue weighted by Crippen LogP contribution is 2.31. The number of halogens is 2. The number of amides is 1. The molecule has 1 aliphatic carbocycles. The number of rotatable bonds is 2. The molecule has 1 heterocycles. The number of nitrogens with zero attached hydrogens (tertiary/aromatic N) is 1. The van der Waals surface area contributed by atoms with Crippen molar-refractivity contribution in [2.75, 3.05) is 0 Å². The maximum atomic E-state index is 13.9. The molecule has 0 spiro atoms. The number of fused-ring (bicyclic) bond motifs is 2. The van der Waals surface area contributed by atoms with Crippen LogP contribution in [0.15, 0.2) is 48.7 Å². The van der Waals surface area contributed by atoms with Crippen LogP contribution < -0.4 is 5.32 Å². The number of pyridine rings is 1. The van der Waals surface area contributed by atoms with E-state index in [2.05, 4.69) is 10.3 Å². The molecule has 0 bridgehead atoms. The Morgan fingerprint density at radius 1 is 1.16 bits per heavy atom. The zero-order valence-corrected chi connectivity index (χ0v) is 13.0. The minimum atomic E-state index is -0.732. The highest BCUT2D eigenvalue weighted by atomic mass is 19.1. The number of aliphatic hydroxyl groups is 1. The van der Waals surface area contributed by atoms with E-state index in [9.17, 15) is 18.7 Å². The van der Waals surface area contributed by atoms with Gasteiger partial charge in [0.05, 0.1) is 17.7 Å². The normalized spacial score (nSPS) is 19.0. The topological polar surface area (TPSA) is 62.2 Å². The Bertz CT molecular complexity index is 990. The number of hydrogen-bond donors (Lipinski definition) is 2. The van der Waals surface area contributed by atoms with Crippen molar-refractivity contribution < 1.29 is 18.7 Å². The van der Waals surface area contributed by atoms with Gasteiger partial charge in [0, 0.05) is 18.0 Å². The van der Waals surface area contributed by atoms with Crippen LogP contribution in [0.1, 0.15) is 27.5 Å². The largest absolute Gasteiger partial charge is 0.390 e. The molecule has 4 nitrogen and oxygen atoms in total. The molecule has 2 atom stereocenters. The fourth-order valence-electron chi connectivity index (χ4n) is 3.25. The highest BCUT2D eigenvalue weighted by molar-refractivity contribution is 5.97. The van der Waals surface area contributed by atoms with Gasteiger partial charge >= 0.3 is 0 Å². The summed E-state index contributed by atoms with van der Waals surface area (Å²) in [6, 6.07) is 10.2. The van der Waals surface area contributed by atoms with Crippen molar-refractivity contribution in [2.45, 2.75) is 18.6 Å². The summed E-state index contributed by atoms with van der Waals surface area (Å²) in [4.78, 5) is 16.4. The number of benzene rings is 2. The Morgan fingerprint density at radius 2 is 1.92 bits per heavy atom. The van der Waals surface area contributed by atoms with Gasteiger partial charge in [0.1, 0.15) is 17.2 Å². The lowest BCUT2D eigenvalue weighted by molar-refractivity contribution is 0.0858. The van der Waals surface area contributed by atoms with Gasteiger partial charge in [-0.3, -0.25) is 9.78 Å². The van der Waals surface area contributed by atoms with Gasteiger partial charge in [0.2, 0.25) is 0 Å². The third kappa shape index (κ3) is 2.64. The second kappa shape index (κ2) is 5.89. The van der Waals surface area contributed by atoms with Crippen LogP contribution in [0.2, 0.25) is 0 Å². The minimum Gasteiger partial charge on any atom is -0.390 e. The van der Waals surface area contributed by atoms with E-state index in [1.807, 2.05) is 24.3 Å². The molecular weight excluding hydrogens is 326 g/mol. The third-order valence-corrected chi connectivity index (χ3v) is 4.50. The molecule has 2 N–H and O–H groups in total. The number of carbonyl (C=O) groups is 1. The molecule has 1 aliphatic rings. The van der Waals surface area contributed by atoms with Gasteiger partial charge < -0.3 is 10.4 Å². The van der Waals surface area contributed by atoms with Crippen molar-refractivity contribution in [3.05, 3.63) is 77.0 Å². The highest BCUT2D eigenvalue weighted by Gasteiger charge is 2.32. The molecule has 126 valence electrons. The standard InChI is InChI=1S/C19H14F2N2O2/c20-14-5-6-15(21)17-13(14)7-11(9-22-17)19(25)23-18-12-4-2-1-3-10(12)8-16(18)24/h1-7,9,16,18,24H,8H2,(H,23,25)/t16-,18+/m1/s1. The van der Waals surface area contributed by atoms with E-state index in [0.29, 0.717) is 6.42 Å². The predicted octanol–water partition coefficient (Wildman–Crippen LogP) is 2.90. The maximum absolute atomic E-state index is 13.9. The molecule has 3 aromatic rings. The first-order valence-corrected chi connectivity index (χ1v) is 7.85. The van der Waals surface area contributed by atoms with Crippen LogP contribution in [0, 0.1) is 11.6 Å². The van der Waals surface area contributed by atoms with E-state index in [0.717, 1.165) is 23.3 Å². The van der Waals surface area contributed by atoms with Gasteiger partial charge in [-0.25, -0.2) is 8.78 Å². The molecule has 0 saturated heterocycles. The molecule has 0 unspecified atom stereocenters. The monoisotopic (exact) mass is 340 g/mol. The number of carbonyl (C=O) groups excluding carboxylic acids is 1. The quantitative estimate of drug-likeness (QED) is 0.754. The zero-order chi connectivity index (χ0) is 17.6. The van der Waals surface area contributed by atoms with Gasteiger partial charge in [-0.1, -0.05) is 24.3 Å². The Kier molecular flexibility index (Phi) is 3.69. The Hall–Kier alpha value is -2.86. The van der Waals surface area contributed by atoms with E-state index >= 15 is 0 Å². The summed E-state index contributed by atoms with van der Waals surface area (Å²) in [6.45, 7) is 0. The van der Waals surface area contributed by atoms with Gasteiger partial charge in [0.15, 0.2) is 0 Å². The second-order valence-electron chi connectivity index (χ2n) is 6.07. The SMILES string of the molecule is O=C(N[C@H]1c2ccccc2C[C@H]1O)c1cnc2c(F)ccc(F)c2c1. The summed E-state index contributed by atoms with van der Waals surface area (Å²) in [5, 5.41) is 12.9. The first-order chi connectivity index (χ1) is 12.0. The van der Waals surface area contributed by atoms with Gasteiger partial charge in [-0.05, 0) is 29.3 Å². The fraction of sp³-hybridized carbons (Fsp3) is 0.158. The summed E-state index contributed by atoms with van der Waals surface area (Å²) in [6.07, 6.45) is 0.925. The van der Waals surface area contributed by atoms with Crippen LogP contribution in [-0.2, 0) is 6.42 Å². The molecule has 25 heavy (non-hydrogen) atoms. The van der Waals surface area contributed by atoms with E-state index in [-0.39, 0.29) is 16.5 Å². The van der Waals surface area contributed by atoms with Crippen molar-refractivity contribution >= 4 is 16.8 Å². The number of nitrogens with one attached hydrogen (secondary N) is 1. The second-order valence-corrected chi connectivity index (χ2v) is 6.07. The van der Waals surface area contributed by atoms with Gasteiger partial charge in [-0.2, -0.15) is 0 Å². The number of hydrogen-bond acceptors (Lipinski definition) is 3. The van der Waals surface area contributed by atoms with Crippen LogP contribution in [-0.4, -0.2) is 22.1 Å². The van der Waals surface area contributed by atoms with Crippen molar-refractivity contribution in [3.8, 4) is 0 Å². The van der Waals surface area contributed by atoms with Gasteiger partial charge in [0.25, 0.3) is 5.91 Å². The molecule has 0 radical (unpaired) electrons. The maximum Gasteiger partial charge on any atom is 0.253 e. The van der Waals surface area contributed by atoms with Gasteiger partial charge in [-0.15, -0.1) is 0 Å². The average Bonchev–Trinajstić information content (AvgIpc) is 2.93. The molecule has 0 fully saturated rings. The predicted molar refractivity (Wildman–Crippen MR) is 88.0 cm³/mol. The molecule has 4 rings (SSSR count). The lowest BCUT2D eigenvalue weighted by Gasteiger charge is -2.18. The van der Waals surface area contributed by atoms with E-state index < -0.39 is 29.7 Å². The van der Waals surface area contributed by atoms with Crippen LogP contribution in [0.5, 0.6) is 0 Å². The molecule has 2 aromatic carbocycles. The Labute approximate surface area is 142 Å². The van der Waals surface area contributed by atoms with E-state index in [4.69, 9.17) is 0 Å². The molecule has 1 aromatic heterocycles. The summed E-state index contributed by atoms with van der Waals surface area (Å²) < 4.78 is 27.6. The summed E-state index contributed by atoms with van der Waals surface area (Å²) in [5.41, 5.74) is 1.82. The molecule has 0 aliphatic heterocycles. The smallest absolute Gasteiger partial charge is 0.253 e. The first kappa shape index (κ1) is 15.7. The van der Waals surface area contributed by atoms with Crippen LogP contribution in [0.25, 0.3) is 10.9 Å². The molecular formula is C19H14F2N2O2. The summed E-state index contributed by atoms with van der Waals surface area (Å²) in [7, 11) is 0. The third-order valence-electron chi connectivity index (χ3n) is 4.50. The minimum absolute atomic E-state index is 0.0555. The van der Waals surface area contributed by atoms with Crippen molar-refractivity contribution in [2.24, 2.45) is 0 Å².